The number of esters is 2. The monoisotopic (exact) mass is 506 g/mol. The molecule has 8 nitrogen and oxygen atoms in total. The number of ether oxygens (including phenoxy) is 4. The van der Waals surface area contributed by atoms with E-state index in [9.17, 15) is 19.2 Å². The standard InChI is InChI=1S/C29H30O8/c1-5-13-34-28(33)27(24(31)16-22-17-26(32)37-29(3,4)36-22)23(30)15-21-11-12-25(19(2)14-21)35-18-20-9-7-6-8-10-20/h5-12,14,17,27H,1,13,15-16,18H2,2-4H3. The van der Waals surface area contributed by atoms with Gasteiger partial charge in [0.1, 0.15) is 24.7 Å². The average Bonchev–Trinajstić information content (AvgIpc) is 2.81. The van der Waals surface area contributed by atoms with E-state index in [4.69, 9.17) is 18.9 Å². The van der Waals surface area contributed by atoms with Crippen molar-refractivity contribution in [2.75, 3.05) is 6.61 Å². The van der Waals surface area contributed by atoms with E-state index in [1.807, 2.05) is 37.3 Å². The lowest BCUT2D eigenvalue weighted by Gasteiger charge is -2.30. The molecule has 3 rings (SSSR count). The number of carbonyl (C=O) groups is 4. The van der Waals surface area contributed by atoms with Crippen molar-refractivity contribution in [3.63, 3.8) is 0 Å². The smallest absolute Gasteiger partial charge is 0.337 e. The number of cyclic esters (lactones) is 1. The first-order valence-corrected chi connectivity index (χ1v) is 11.8. The summed E-state index contributed by atoms with van der Waals surface area (Å²) in [6, 6.07) is 15.0. The number of ketones is 2. The SMILES string of the molecule is C=CCOC(=O)C(C(=O)CC1=CC(=O)OC(C)(C)O1)C(=O)Cc1ccc(OCc2ccccc2)c(C)c1. The van der Waals surface area contributed by atoms with Crippen molar-refractivity contribution in [1.29, 1.82) is 0 Å². The van der Waals surface area contributed by atoms with Crippen LogP contribution in [0.5, 0.6) is 5.75 Å². The second-order valence-corrected chi connectivity index (χ2v) is 9.05. The van der Waals surface area contributed by atoms with Crippen LogP contribution in [0.15, 0.2) is 73.0 Å². The Labute approximate surface area is 215 Å². The summed E-state index contributed by atoms with van der Waals surface area (Å²) in [5.74, 6) is -5.31. The minimum absolute atomic E-state index is 0.0105. The third-order valence-corrected chi connectivity index (χ3v) is 5.43. The molecule has 0 saturated heterocycles. The number of hydrogen-bond acceptors (Lipinski definition) is 8. The third kappa shape index (κ3) is 7.90. The molecule has 37 heavy (non-hydrogen) atoms. The maximum absolute atomic E-state index is 13.2. The predicted octanol–water partition coefficient (Wildman–Crippen LogP) is 4.18. The zero-order valence-corrected chi connectivity index (χ0v) is 21.2. The Bertz CT molecular complexity index is 1210. The largest absolute Gasteiger partial charge is 0.489 e. The van der Waals surface area contributed by atoms with Crippen LogP contribution in [0.4, 0.5) is 0 Å². The molecule has 0 radical (unpaired) electrons. The lowest BCUT2D eigenvalue weighted by molar-refractivity contribution is -0.205. The summed E-state index contributed by atoms with van der Waals surface area (Å²) < 4.78 is 21.4. The molecule has 0 aromatic heterocycles. The lowest BCUT2D eigenvalue weighted by atomic mass is 9.91. The van der Waals surface area contributed by atoms with Gasteiger partial charge >= 0.3 is 11.9 Å². The van der Waals surface area contributed by atoms with E-state index in [0.29, 0.717) is 17.9 Å². The molecule has 194 valence electrons. The molecule has 1 atom stereocenters. The van der Waals surface area contributed by atoms with Crippen LogP contribution in [0, 0.1) is 12.8 Å². The molecule has 1 aliphatic rings. The number of benzene rings is 2. The van der Waals surface area contributed by atoms with E-state index >= 15 is 0 Å². The van der Waals surface area contributed by atoms with Gasteiger partial charge in [-0.2, -0.15) is 0 Å². The fourth-order valence-electron chi connectivity index (χ4n) is 3.82. The topological polar surface area (TPSA) is 105 Å². The molecule has 0 N–H and O–H groups in total. The Balaban J connectivity index is 1.72. The quantitative estimate of drug-likeness (QED) is 0.240. The molecule has 0 saturated carbocycles. The van der Waals surface area contributed by atoms with Gasteiger partial charge in [-0.15, -0.1) is 0 Å². The summed E-state index contributed by atoms with van der Waals surface area (Å²) >= 11 is 0. The minimum Gasteiger partial charge on any atom is -0.489 e. The number of carbonyl (C=O) groups excluding carboxylic acids is 4. The Morgan fingerprint density at radius 3 is 2.35 bits per heavy atom. The maximum Gasteiger partial charge on any atom is 0.337 e. The maximum atomic E-state index is 13.2. The Kier molecular flexibility index (Phi) is 9.00. The lowest BCUT2D eigenvalue weighted by Crippen LogP contribution is -2.38. The van der Waals surface area contributed by atoms with Gasteiger partial charge in [0.05, 0.1) is 12.5 Å². The van der Waals surface area contributed by atoms with Crippen LogP contribution < -0.4 is 4.74 Å². The van der Waals surface area contributed by atoms with Crippen molar-refractivity contribution < 1.29 is 38.1 Å². The highest BCUT2D eigenvalue weighted by Crippen LogP contribution is 2.26. The fraction of sp³-hybridized carbons (Fsp3) is 0.310. The van der Waals surface area contributed by atoms with Gasteiger partial charge in [0.2, 0.25) is 5.79 Å². The van der Waals surface area contributed by atoms with Gasteiger partial charge in [-0.1, -0.05) is 55.1 Å². The molecule has 0 amide bonds. The van der Waals surface area contributed by atoms with Crippen LogP contribution in [0.1, 0.15) is 37.0 Å². The van der Waals surface area contributed by atoms with Gasteiger partial charge in [0, 0.05) is 20.3 Å². The van der Waals surface area contributed by atoms with E-state index < -0.39 is 41.6 Å². The minimum atomic E-state index is -1.68. The molecular weight excluding hydrogens is 476 g/mol. The third-order valence-electron chi connectivity index (χ3n) is 5.43. The van der Waals surface area contributed by atoms with Gasteiger partial charge in [-0.3, -0.25) is 14.4 Å². The van der Waals surface area contributed by atoms with Crippen molar-refractivity contribution in [2.45, 2.75) is 46.0 Å². The van der Waals surface area contributed by atoms with E-state index in [2.05, 4.69) is 6.58 Å². The molecule has 1 unspecified atom stereocenters. The van der Waals surface area contributed by atoms with Gasteiger partial charge in [0.25, 0.3) is 0 Å². The number of hydrogen-bond donors (Lipinski definition) is 0. The van der Waals surface area contributed by atoms with Gasteiger partial charge in [-0.25, -0.2) is 4.79 Å². The fourth-order valence-corrected chi connectivity index (χ4v) is 3.82. The first-order chi connectivity index (χ1) is 17.6. The first-order valence-electron chi connectivity index (χ1n) is 11.8. The zero-order valence-electron chi connectivity index (χ0n) is 21.2. The molecule has 0 spiro atoms. The Morgan fingerprint density at radius 2 is 1.70 bits per heavy atom. The highest BCUT2D eigenvalue weighted by Gasteiger charge is 2.38. The van der Waals surface area contributed by atoms with E-state index in [0.717, 1.165) is 17.2 Å². The van der Waals surface area contributed by atoms with Crippen molar-refractivity contribution >= 4 is 23.5 Å². The van der Waals surface area contributed by atoms with Crippen molar-refractivity contribution in [2.24, 2.45) is 5.92 Å². The number of rotatable bonds is 12. The van der Waals surface area contributed by atoms with Crippen molar-refractivity contribution in [1.82, 2.24) is 0 Å². The van der Waals surface area contributed by atoms with Gasteiger partial charge in [0.15, 0.2) is 17.5 Å². The van der Waals surface area contributed by atoms with E-state index in [1.165, 1.54) is 19.9 Å². The second-order valence-electron chi connectivity index (χ2n) is 9.05. The molecule has 2 aromatic rings. The van der Waals surface area contributed by atoms with Gasteiger partial charge < -0.3 is 18.9 Å². The van der Waals surface area contributed by atoms with Crippen molar-refractivity contribution in [3.05, 3.63) is 89.7 Å². The number of aryl methyl sites for hydroxylation is 1. The van der Waals surface area contributed by atoms with Crippen LogP contribution in [0.25, 0.3) is 0 Å². The van der Waals surface area contributed by atoms with E-state index in [1.54, 1.807) is 18.2 Å². The molecule has 2 aromatic carbocycles. The number of allylic oxidation sites excluding steroid dienone is 1. The summed E-state index contributed by atoms with van der Waals surface area (Å²) in [7, 11) is 0. The molecule has 1 aliphatic heterocycles. The molecular formula is C29H30O8. The summed E-state index contributed by atoms with van der Waals surface area (Å²) in [6.45, 7) is 8.60. The summed E-state index contributed by atoms with van der Waals surface area (Å²) in [5.41, 5.74) is 2.44. The predicted molar refractivity (Wildman–Crippen MR) is 134 cm³/mol. The summed E-state index contributed by atoms with van der Waals surface area (Å²) in [5, 5.41) is 0. The Morgan fingerprint density at radius 1 is 1.00 bits per heavy atom. The average molecular weight is 507 g/mol. The summed E-state index contributed by atoms with van der Waals surface area (Å²) in [4.78, 5) is 50.7. The summed E-state index contributed by atoms with van der Waals surface area (Å²) in [6.07, 6.45) is 1.75. The second kappa shape index (κ2) is 12.2. The van der Waals surface area contributed by atoms with Crippen LogP contribution >= 0.6 is 0 Å². The number of Topliss-reactive ketones (excluding diaryl/α,β-unsaturated/α-hetero) is 2. The van der Waals surface area contributed by atoms with Gasteiger partial charge in [-0.05, 0) is 29.7 Å². The van der Waals surface area contributed by atoms with Crippen LogP contribution in [-0.4, -0.2) is 35.9 Å². The van der Waals surface area contributed by atoms with E-state index in [-0.39, 0.29) is 18.8 Å². The van der Waals surface area contributed by atoms with Crippen LogP contribution in [0.3, 0.4) is 0 Å². The van der Waals surface area contributed by atoms with Crippen LogP contribution in [-0.2, 0) is 46.4 Å². The Hall–Kier alpha value is -4.20. The van der Waals surface area contributed by atoms with Crippen molar-refractivity contribution in [3.8, 4) is 5.75 Å². The molecule has 0 fully saturated rings. The molecule has 8 heteroatoms. The molecule has 0 bridgehead atoms. The molecule has 0 aliphatic carbocycles. The zero-order chi connectivity index (χ0) is 27.0. The first kappa shape index (κ1) is 27.4. The normalized spacial score (nSPS) is 14.9. The molecule has 1 heterocycles. The highest BCUT2D eigenvalue weighted by atomic mass is 16.7. The van der Waals surface area contributed by atoms with Crippen LogP contribution in [0.2, 0.25) is 0 Å². The highest BCUT2D eigenvalue weighted by molar-refractivity contribution is 6.18.